The van der Waals surface area contributed by atoms with Gasteiger partial charge in [0.1, 0.15) is 5.92 Å². The molecule has 178 valence electrons. The van der Waals surface area contributed by atoms with Crippen LogP contribution in [0.5, 0.6) is 5.88 Å². The van der Waals surface area contributed by atoms with Crippen LogP contribution in [0.1, 0.15) is 34.0 Å². The van der Waals surface area contributed by atoms with E-state index in [2.05, 4.69) is 15.3 Å². The van der Waals surface area contributed by atoms with Crippen LogP contribution < -0.4 is 10.5 Å². The summed E-state index contributed by atoms with van der Waals surface area (Å²) in [7, 11) is 1.50. The molecule has 34 heavy (non-hydrogen) atoms. The molecule has 9 nitrogen and oxygen atoms in total. The van der Waals surface area contributed by atoms with Crippen LogP contribution >= 0.6 is 0 Å². The van der Waals surface area contributed by atoms with Gasteiger partial charge in [-0.2, -0.15) is 13.2 Å². The number of carbonyl (C=O) groups is 1. The maximum Gasteiger partial charge on any atom is 0.397 e. The van der Waals surface area contributed by atoms with Crippen LogP contribution in [0, 0.1) is 0 Å². The van der Waals surface area contributed by atoms with Gasteiger partial charge in [-0.25, -0.2) is 9.67 Å². The number of aromatic nitrogens is 5. The Bertz CT molecular complexity index is 1310. The van der Waals surface area contributed by atoms with E-state index in [0.29, 0.717) is 28.2 Å². The quantitative estimate of drug-likeness (QED) is 0.405. The van der Waals surface area contributed by atoms with Crippen molar-refractivity contribution in [3.63, 3.8) is 0 Å². The van der Waals surface area contributed by atoms with Crippen LogP contribution in [-0.2, 0) is 6.54 Å². The molecular weight excluding hydrogens is 453 g/mol. The summed E-state index contributed by atoms with van der Waals surface area (Å²) in [5, 5.41) is 16.4. The summed E-state index contributed by atoms with van der Waals surface area (Å²) in [5.74, 6) is -2.08. The third-order valence-corrected chi connectivity index (χ3v) is 5.39. The number of ether oxygens (including phenoxy) is 1. The highest BCUT2D eigenvalue weighted by molar-refractivity contribution is 6.01. The van der Waals surface area contributed by atoms with Crippen LogP contribution in [0.2, 0.25) is 0 Å². The van der Waals surface area contributed by atoms with E-state index < -0.39 is 31.0 Å². The van der Waals surface area contributed by atoms with Crippen LogP contribution in [0.25, 0.3) is 16.8 Å². The molecule has 0 aromatic carbocycles. The number of halogens is 3. The summed E-state index contributed by atoms with van der Waals surface area (Å²) in [6.07, 6.45) is -0.497. The molecule has 0 bridgehead atoms. The van der Waals surface area contributed by atoms with E-state index in [0.717, 1.165) is 5.56 Å². The van der Waals surface area contributed by atoms with Crippen molar-refractivity contribution >= 4 is 11.4 Å². The molecule has 1 unspecified atom stereocenters. The van der Waals surface area contributed by atoms with Gasteiger partial charge < -0.3 is 20.0 Å². The van der Waals surface area contributed by atoms with Gasteiger partial charge in [0.25, 0.3) is 5.91 Å². The number of alkyl halides is 3. The molecule has 0 aliphatic carbocycles. The molecule has 0 aliphatic heterocycles. The van der Waals surface area contributed by atoms with E-state index in [9.17, 15) is 18.0 Å². The number of methoxy groups -OCH3 is 1. The Kier molecular flexibility index (Phi) is 6.24. The average Bonchev–Trinajstić information content (AvgIpc) is 3.41. The minimum atomic E-state index is -4.54. The molecule has 4 heterocycles. The molecule has 4 aromatic heterocycles. The fourth-order valence-electron chi connectivity index (χ4n) is 3.79. The molecule has 0 saturated carbocycles. The van der Waals surface area contributed by atoms with Crippen molar-refractivity contribution in [1.82, 2.24) is 24.4 Å². The van der Waals surface area contributed by atoms with Crippen LogP contribution in [0.3, 0.4) is 0 Å². The number of fused-ring (bicyclic) bond motifs is 1. The molecule has 1 amide bonds. The summed E-state index contributed by atoms with van der Waals surface area (Å²) in [6, 6.07) is 8.60. The second kappa shape index (κ2) is 9.14. The van der Waals surface area contributed by atoms with E-state index in [4.69, 9.17) is 15.6 Å². The molecule has 0 spiro atoms. The van der Waals surface area contributed by atoms with Gasteiger partial charge in [-0.05, 0) is 36.2 Å². The zero-order chi connectivity index (χ0) is 24.5. The van der Waals surface area contributed by atoms with E-state index in [-0.39, 0.29) is 12.2 Å². The fraction of sp³-hybridized carbons (Fsp3) is 0.273. The van der Waals surface area contributed by atoms with Crippen LogP contribution in [0.4, 0.5) is 13.2 Å². The topological polar surface area (TPSA) is 121 Å². The Hall–Kier alpha value is -3.93. The van der Waals surface area contributed by atoms with E-state index >= 15 is 0 Å². The van der Waals surface area contributed by atoms with Crippen molar-refractivity contribution in [3.8, 4) is 17.1 Å². The average molecular weight is 474 g/mol. The summed E-state index contributed by atoms with van der Waals surface area (Å²) >= 11 is 0. The van der Waals surface area contributed by atoms with Gasteiger partial charge in [-0.15, -0.1) is 5.10 Å². The summed E-state index contributed by atoms with van der Waals surface area (Å²) in [6.45, 7) is -0.458. The van der Waals surface area contributed by atoms with Gasteiger partial charge in [0.2, 0.25) is 5.88 Å². The van der Waals surface area contributed by atoms with Crippen molar-refractivity contribution in [3.05, 3.63) is 65.7 Å². The molecule has 0 fully saturated rings. The number of hydrogen-bond acceptors (Lipinski definition) is 6. The Balaban J connectivity index is 1.66. The van der Waals surface area contributed by atoms with Crippen molar-refractivity contribution in [2.45, 2.75) is 25.1 Å². The molecule has 0 aliphatic rings. The van der Waals surface area contributed by atoms with Crippen LogP contribution in [-0.4, -0.2) is 55.3 Å². The maximum absolute atomic E-state index is 13.3. The highest BCUT2D eigenvalue weighted by atomic mass is 19.4. The predicted octanol–water partition coefficient (Wildman–Crippen LogP) is 2.78. The molecule has 0 radical (unpaired) electrons. The predicted molar refractivity (Wildman–Crippen MR) is 115 cm³/mol. The Labute approximate surface area is 191 Å². The zero-order valence-electron chi connectivity index (χ0n) is 18.0. The first-order chi connectivity index (χ1) is 16.2. The Morgan fingerprint density at radius 3 is 2.68 bits per heavy atom. The largest absolute Gasteiger partial charge is 0.481 e. The Morgan fingerprint density at radius 2 is 2.06 bits per heavy atom. The highest BCUT2D eigenvalue weighted by Crippen LogP contribution is 2.36. The lowest BCUT2D eigenvalue weighted by molar-refractivity contribution is -0.154. The van der Waals surface area contributed by atoms with Gasteiger partial charge in [0.15, 0.2) is 0 Å². The standard InChI is InChI=1S/C22H21F3N6O3/c1-34-19-3-2-14(10-27-19)20-16(21(26)33)9-15-8-13(4-6-31(15)20)11-30-12-18(28-29-30)17(5-7-32)22(23,24)25/h2-4,6,8-10,12,17,32H,5,7,11H2,1H3,(H2,26,33). The molecular formula is C22H21F3N6O3. The number of pyridine rings is 2. The van der Waals surface area contributed by atoms with Gasteiger partial charge in [-0.1, -0.05) is 5.21 Å². The van der Waals surface area contributed by atoms with E-state index in [1.807, 2.05) is 0 Å². The van der Waals surface area contributed by atoms with Gasteiger partial charge in [-0.3, -0.25) is 4.79 Å². The highest BCUT2D eigenvalue weighted by Gasteiger charge is 2.42. The molecule has 12 heteroatoms. The number of amides is 1. The van der Waals surface area contributed by atoms with Gasteiger partial charge >= 0.3 is 6.18 Å². The summed E-state index contributed by atoms with van der Waals surface area (Å²) < 4.78 is 47.9. The normalized spacial score (nSPS) is 12.7. The number of aliphatic hydroxyl groups is 1. The lowest BCUT2D eigenvalue weighted by Crippen LogP contribution is -2.22. The SMILES string of the molecule is COc1ccc(-c2c(C(N)=O)cc3cc(Cn4cc(C(CCO)C(F)(F)F)nn4)ccn23)cn1. The molecule has 1 atom stereocenters. The lowest BCUT2D eigenvalue weighted by atomic mass is 10.0. The minimum Gasteiger partial charge on any atom is -0.481 e. The van der Waals surface area contributed by atoms with Crippen molar-refractivity contribution in [2.75, 3.05) is 13.7 Å². The summed E-state index contributed by atoms with van der Waals surface area (Å²) in [4.78, 5) is 16.3. The third-order valence-electron chi connectivity index (χ3n) is 5.39. The maximum atomic E-state index is 13.3. The second-order valence-electron chi connectivity index (χ2n) is 7.64. The van der Waals surface area contributed by atoms with Gasteiger partial charge in [0.05, 0.1) is 30.6 Å². The smallest absolute Gasteiger partial charge is 0.397 e. The number of nitrogens with two attached hydrogens (primary N) is 1. The summed E-state index contributed by atoms with van der Waals surface area (Å²) in [5.41, 5.74) is 8.24. The van der Waals surface area contributed by atoms with Crippen molar-refractivity contribution < 1.29 is 27.8 Å². The third kappa shape index (κ3) is 4.57. The number of primary amides is 1. The molecule has 0 saturated heterocycles. The van der Waals surface area contributed by atoms with Crippen molar-refractivity contribution in [2.24, 2.45) is 5.73 Å². The number of aliphatic hydroxyl groups excluding tert-OH is 1. The van der Waals surface area contributed by atoms with E-state index in [1.165, 1.54) is 18.0 Å². The van der Waals surface area contributed by atoms with Crippen molar-refractivity contribution in [1.29, 1.82) is 0 Å². The fourth-order valence-corrected chi connectivity index (χ4v) is 3.79. The Morgan fingerprint density at radius 1 is 1.26 bits per heavy atom. The number of carbonyl (C=O) groups excluding carboxylic acids is 1. The first-order valence-electron chi connectivity index (χ1n) is 10.2. The number of hydrogen-bond donors (Lipinski definition) is 2. The number of rotatable bonds is 8. The monoisotopic (exact) mass is 474 g/mol. The zero-order valence-corrected chi connectivity index (χ0v) is 18.0. The first-order valence-corrected chi connectivity index (χ1v) is 10.2. The first kappa shape index (κ1) is 23.2. The second-order valence-corrected chi connectivity index (χ2v) is 7.64. The minimum absolute atomic E-state index is 0.156. The number of nitrogens with zero attached hydrogens (tertiary/aromatic N) is 5. The molecule has 3 N–H and O–H groups in total. The van der Waals surface area contributed by atoms with Crippen LogP contribution in [0.15, 0.2) is 48.9 Å². The van der Waals surface area contributed by atoms with Gasteiger partial charge in [0, 0.05) is 42.3 Å². The molecule has 4 aromatic rings. The lowest BCUT2D eigenvalue weighted by Gasteiger charge is -2.16. The van der Waals surface area contributed by atoms with E-state index in [1.54, 1.807) is 47.1 Å². The molecule has 4 rings (SSSR count).